The van der Waals surface area contributed by atoms with Crippen molar-refractivity contribution in [3.8, 4) is 5.75 Å². The lowest BCUT2D eigenvalue weighted by molar-refractivity contribution is 0.146. The number of hydrogen-bond donors (Lipinski definition) is 3. The predicted molar refractivity (Wildman–Crippen MR) is 82.3 cm³/mol. The van der Waals surface area contributed by atoms with E-state index in [2.05, 4.69) is 20.6 Å². The summed E-state index contributed by atoms with van der Waals surface area (Å²) in [6.45, 7) is 1.03. The molecule has 0 saturated heterocycles. The molecule has 1 heterocycles. The largest absolute Gasteiger partial charge is 0.491 e. The number of nitrogens with two attached hydrogens (primary N) is 1. The Bertz CT molecular complexity index is 618. The highest BCUT2D eigenvalue weighted by molar-refractivity contribution is 5.86. The summed E-state index contributed by atoms with van der Waals surface area (Å²) in [5.41, 5.74) is 5.83. The summed E-state index contributed by atoms with van der Waals surface area (Å²) in [7, 11) is 1.62. The van der Waals surface area contributed by atoms with Crippen LogP contribution >= 0.6 is 0 Å². The van der Waals surface area contributed by atoms with Crippen LogP contribution in [0.25, 0.3) is 0 Å². The molecule has 22 heavy (non-hydrogen) atoms. The van der Waals surface area contributed by atoms with Gasteiger partial charge in [0.15, 0.2) is 0 Å². The van der Waals surface area contributed by atoms with Crippen LogP contribution in [-0.2, 0) is 4.74 Å². The minimum Gasteiger partial charge on any atom is -0.491 e. The second-order valence-electron chi connectivity index (χ2n) is 4.25. The summed E-state index contributed by atoms with van der Waals surface area (Å²) in [5.74, 6) is 1.41. The Hall–Kier alpha value is -2.87. The van der Waals surface area contributed by atoms with E-state index >= 15 is 0 Å². The third-order valence-electron chi connectivity index (χ3n) is 2.57. The Morgan fingerprint density at radius 1 is 1.23 bits per heavy atom. The first kappa shape index (κ1) is 15.5. The maximum absolute atomic E-state index is 10.8. The van der Waals surface area contributed by atoms with E-state index in [9.17, 15) is 4.79 Å². The van der Waals surface area contributed by atoms with Gasteiger partial charge < -0.3 is 20.5 Å². The number of primary amides is 1. The molecule has 8 nitrogen and oxygen atoms in total. The number of anilines is 3. The van der Waals surface area contributed by atoms with Crippen LogP contribution in [0.1, 0.15) is 0 Å². The lowest BCUT2D eigenvalue weighted by Crippen LogP contribution is -2.20. The van der Waals surface area contributed by atoms with E-state index in [4.69, 9.17) is 15.2 Å². The van der Waals surface area contributed by atoms with E-state index in [-0.39, 0.29) is 0 Å². The van der Waals surface area contributed by atoms with E-state index in [1.807, 2.05) is 24.3 Å². The SMILES string of the molecule is COCCOc1ccc(Nc2nccc(NC(N)=O)n2)cc1. The Morgan fingerprint density at radius 3 is 2.68 bits per heavy atom. The van der Waals surface area contributed by atoms with E-state index in [0.717, 1.165) is 11.4 Å². The van der Waals surface area contributed by atoms with Gasteiger partial charge in [0.05, 0.1) is 6.61 Å². The van der Waals surface area contributed by atoms with Crippen LogP contribution in [-0.4, -0.2) is 36.3 Å². The number of methoxy groups -OCH3 is 1. The molecule has 116 valence electrons. The second-order valence-corrected chi connectivity index (χ2v) is 4.25. The molecule has 0 aliphatic carbocycles. The lowest BCUT2D eigenvalue weighted by atomic mass is 10.3. The van der Waals surface area contributed by atoms with E-state index < -0.39 is 6.03 Å². The maximum atomic E-state index is 10.8. The maximum Gasteiger partial charge on any atom is 0.317 e. The smallest absolute Gasteiger partial charge is 0.317 e. The normalized spacial score (nSPS) is 10.0. The van der Waals surface area contributed by atoms with Crippen molar-refractivity contribution in [1.29, 1.82) is 0 Å². The van der Waals surface area contributed by atoms with Crippen molar-refractivity contribution in [3.63, 3.8) is 0 Å². The zero-order valence-electron chi connectivity index (χ0n) is 12.1. The van der Waals surface area contributed by atoms with Crippen LogP contribution in [0, 0.1) is 0 Å². The molecule has 0 fully saturated rings. The molecule has 0 bridgehead atoms. The molecule has 1 aromatic heterocycles. The molecule has 2 rings (SSSR count). The number of amides is 2. The average molecular weight is 303 g/mol. The highest BCUT2D eigenvalue weighted by Gasteiger charge is 2.02. The van der Waals surface area contributed by atoms with Crippen molar-refractivity contribution in [1.82, 2.24) is 9.97 Å². The van der Waals surface area contributed by atoms with Gasteiger partial charge in [-0.3, -0.25) is 5.32 Å². The van der Waals surface area contributed by atoms with Crippen molar-refractivity contribution in [3.05, 3.63) is 36.5 Å². The molecular weight excluding hydrogens is 286 g/mol. The van der Waals surface area contributed by atoms with Gasteiger partial charge in [0.1, 0.15) is 18.2 Å². The van der Waals surface area contributed by atoms with Gasteiger partial charge in [-0.15, -0.1) is 0 Å². The van der Waals surface area contributed by atoms with Crippen molar-refractivity contribution < 1.29 is 14.3 Å². The minimum absolute atomic E-state index is 0.324. The van der Waals surface area contributed by atoms with Gasteiger partial charge in [-0.25, -0.2) is 9.78 Å². The Balaban J connectivity index is 1.97. The van der Waals surface area contributed by atoms with Gasteiger partial charge in [0.2, 0.25) is 5.95 Å². The summed E-state index contributed by atoms with van der Waals surface area (Å²) in [6.07, 6.45) is 1.52. The van der Waals surface area contributed by atoms with Crippen molar-refractivity contribution in [2.24, 2.45) is 5.73 Å². The first-order valence-electron chi connectivity index (χ1n) is 6.55. The third kappa shape index (κ3) is 4.91. The third-order valence-corrected chi connectivity index (χ3v) is 2.57. The Kier molecular flexibility index (Phi) is 5.50. The van der Waals surface area contributed by atoms with Gasteiger partial charge in [0.25, 0.3) is 0 Å². The molecular formula is C14H17N5O3. The summed E-state index contributed by atoms with van der Waals surface area (Å²) >= 11 is 0. The standard InChI is InChI=1S/C14H17N5O3/c1-21-8-9-22-11-4-2-10(3-5-11)17-14-16-7-6-12(19-14)18-13(15)20/h2-7H,8-9H2,1H3,(H4,15,16,17,18,19,20). The molecule has 0 saturated carbocycles. The molecule has 0 unspecified atom stereocenters. The number of benzene rings is 1. The predicted octanol–water partition coefficient (Wildman–Crippen LogP) is 1.74. The molecule has 0 radical (unpaired) electrons. The fourth-order valence-electron chi connectivity index (χ4n) is 1.62. The summed E-state index contributed by atoms with van der Waals surface area (Å²) in [5, 5.41) is 5.40. The van der Waals surface area contributed by atoms with Gasteiger partial charge in [-0.1, -0.05) is 0 Å². The summed E-state index contributed by atoms with van der Waals surface area (Å²) in [4.78, 5) is 19.0. The zero-order valence-corrected chi connectivity index (χ0v) is 12.1. The summed E-state index contributed by atoms with van der Waals surface area (Å²) in [6, 6.07) is 8.18. The topological polar surface area (TPSA) is 111 Å². The average Bonchev–Trinajstić information content (AvgIpc) is 2.49. The van der Waals surface area contributed by atoms with E-state index in [0.29, 0.717) is 25.0 Å². The van der Waals surface area contributed by atoms with E-state index in [1.54, 1.807) is 13.2 Å². The molecule has 0 aliphatic rings. The van der Waals surface area contributed by atoms with Crippen LogP contribution in [0.15, 0.2) is 36.5 Å². The molecule has 8 heteroatoms. The van der Waals surface area contributed by atoms with Crippen molar-refractivity contribution in [2.45, 2.75) is 0 Å². The van der Waals surface area contributed by atoms with Gasteiger partial charge in [0, 0.05) is 19.0 Å². The Labute approximate surface area is 127 Å². The molecule has 2 amide bonds. The van der Waals surface area contributed by atoms with E-state index in [1.165, 1.54) is 6.20 Å². The molecule has 4 N–H and O–H groups in total. The van der Waals surface area contributed by atoms with Crippen LogP contribution in [0.4, 0.5) is 22.2 Å². The van der Waals surface area contributed by atoms with Crippen LogP contribution in [0.2, 0.25) is 0 Å². The Morgan fingerprint density at radius 2 is 2.00 bits per heavy atom. The number of aromatic nitrogens is 2. The highest BCUT2D eigenvalue weighted by Crippen LogP contribution is 2.18. The first-order valence-corrected chi connectivity index (χ1v) is 6.55. The van der Waals surface area contributed by atoms with Crippen LogP contribution < -0.4 is 21.1 Å². The molecule has 1 aromatic carbocycles. The number of carbonyl (C=O) groups is 1. The monoisotopic (exact) mass is 303 g/mol. The van der Waals surface area contributed by atoms with Gasteiger partial charge in [-0.05, 0) is 30.3 Å². The van der Waals surface area contributed by atoms with Gasteiger partial charge >= 0.3 is 6.03 Å². The van der Waals surface area contributed by atoms with Crippen molar-refractivity contribution in [2.75, 3.05) is 31.0 Å². The van der Waals surface area contributed by atoms with Crippen molar-refractivity contribution >= 4 is 23.5 Å². The number of nitrogens with one attached hydrogen (secondary N) is 2. The highest BCUT2D eigenvalue weighted by atomic mass is 16.5. The second kappa shape index (κ2) is 7.79. The van der Waals surface area contributed by atoms with Crippen LogP contribution in [0.3, 0.4) is 0 Å². The van der Waals surface area contributed by atoms with Gasteiger partial charge in [-0.2, -0.15) is 4.98 Å². The molecule has 0 atom stereocenters. The minimum atomic E-state index is -0.679. The van der Waals surface area contributed by atoms with Crippen LogP contribution in [0.5, 0.6) is 5.75 Å². The molecule has 0 aliphatic heterocycles. The number of hydrogen-bond acceptors (Lipinski definition) is 6. The summed E-state index contributed by atoms with van der Waals surface area (Å²) < 4.78 is 10.4. The quantitative estimate of drug-likeness (QED) is 0.672. The number of urea groups is 1. The first-order chi connectivity index (χ1) is 10.7. The number of nitrogens with zero attached hydrogens (tertiary/aromatic N) is 2. The number of rotatable bonds is 7. The molecule has 2 aromatic rings. The number of ether oxygens (including phenoxy) is 2. The zero-order chi connectivity index (χ0) is 15.8. The number of carbonyl (C=O) groups excluding carboxylic acids is 1. The molecule has 0 spiro atoms. The fraction of sp³-hybridized carbons (Fsp3) is 0.214. The lowest BCUT2D eigenvalue weighted by Gasteiger charge is -2.08. The fourth-order valence-corrected chi connectivity index (χ4v) is 1.62.